The van der Waals surface area contributed by atoms with Gasteiger partial charge in [-0.15, -0.1) is 6.42 Å². The number of hydrogen-bond acceptors (Lipinski definition) is 2. The van der Waals surface area contributed by atoms with E-state index in [-0.39, 0.29) is 5.54 Å². The van der Waals surface area contributed by atoms with E-state index in [0.29, 0.717) is 0 Å². The molecule has 0 amide bonds. The molecule has 12 heavy (non-hydrogen) atoms. The first-order valence-corrected chi connectivity index (χ1v) is 3.96. The average Bonchev–Trinajstić information content (AvgIpc) is 2.85. The van der Waals surface area contributed by atoms with E-state index in [0.717, 1.165) is 24.0 Å². The Kier molecular flexibility index (Phi) is 1.42. The van der Waals surface area contributed by atoms with E-state index in [1.807, 2.05) is 6.07 Å². The van der Waals surface area contributed by atoms with Crippen molar-refractivity contribution in [1.82, 2.24) is 4.98 Å². The lowest BCUT2D eigenvalue weighted by molar-refractivity contribution is 0.734. The summed E-state index contributed by atoms with van der Waals surface area (Å²) in [7, 11) is 0. The SMILES string of the molecule is C#Cc1cncc(C2(N)CC2)c1. The fourth-order valence-corrected chi connectivity index (χ4v) is 1.21. The largest absolute Gasteiger partial charge is 0.321 e. The van der Waals surface area contributed by atoms with Crippen LogP contribution in [-0.2, 0) is 5.54 Å². The summed E-state index contributed by atoms with van der Waals surface area (Å²) in [5, 5.41) is 0. The van der Waals surface area contributed by atoms with Gasteiger partial charge in [0.2, 0.25) is 0 Å². The molecule has 2 N–H and O–H groups in total. The summed E-state index contributed by atoms with van der Waals surface area (Å²) in [6, 6.07) is 1.94. The monoisotopic (exact) mass is 158 g/mol. The van der Waals surface area contributed by atoms with Crippen LogP contribution in [0.3, 0.4) is 0 Å². The Labute approximate surface area is 71.8 Å². The minimum Gasteiger partial charge on any atom is -0.321 e. The first-order chi connectivity index (χ1) is 5.74. The minimum atomic E-state index is -0.125. The van der Waals surface area contributed by atoms with Gasteiger partial charge in [0.15, 0.2) is 0 Å². The molecule has 0 radical (unpaired) electrons. The molecule has 0 spiro atoms. The lowest BCUT2D eigenvalue weighted by Crippen LogP contribution is -2.18. The van der Waals surface area contributed by atoms with Crippen molar-refractivity contribution >= 4 is 0 Å². The van der Waals surface area contributed by atoms with Gasteiger partial charge in [0, 0.05) is 23.5 Å². The van der Waals surface area contributed by atoms with Crippen LogP contribution in [0.5, 0.6) is 0 Å². The number of nitrogens with two attached hydrogens (primary N) is 1. The highest BCUT2D eigenvalue weighted by molar-refractivity contribution is 5.37. The Balaban J connectivity index is 2.40. The number of terminal acetylenes is 1. The molecule has 0 saturated heterocycles. The van der Waals surface area contributed by atoms with Crippen LogP contribution in [0.1, 0.15) is 24.0 Å². The van der Waals surface area contributed by atoms with Gasteiger partial charge in [-0.05, 0) is 24.5 Å². The first-order valence-electron chi connectivity index (χ1n) is 3.96. The second-order valence-corrected chi connectivity index (χ2v) is 3.26. The molecule has 60 valence electrons. The Bertz CT molecular complexity index is 345. The molecule has 1 fully saturated rings. The van der Waals surface area contributed by atoms with E-state index in [4.69, 9.17) is 12.2 Å². The predicted molar refractivity (Wildman–Crippen MR) is 47.3 cm³/mol. The number of nitrogens with zero attached hydrogens (tertiary/aromatic N) is 1. The van der Waals surface area contributed by atoms with Gasteiger partial charge >= 0.3 is 0 Å². The molecule has 1 saturated carbocycles. The van der Waals surface area contributed by atoms with Crippen molar-refractivity contribution < 1.29 is 0 Å². The second kappa shape index (κ2) is 2.33. The Morgan fingerprint density at radius 3 is 2.83 bits per heavy atom. The van der Waals surface area contributed by atoms with Gasteiger partial charge in [0.25, 0.3) is 0 Å². The maximum atomic E-state index is 5.98. The molecule has 1 aliphatic carbocycles. The molecule has 0 atom stereocenters. The Morgan fingerprint density at radius 2 is 2.25 bits per heavy atom. The normalized spacial score (nSPS) is 18.3. The molecular formula is C10H10N2. The van der Waals surface area contributed by atoms with Crippen molar-refractivity contribution in [2.75, 3.05) is 0 Å². The van der Waals surface area contributed by atoms with Crippen LogP contribution in [0.4, 0.5) is 0 Å². The van der Waals surface area contributed by atoms with Crippen molar-refractivity contribution in [3.8, 4) is 12.3 Å². The van der Waals surface area contributed by atoms with E-state index in [1.165, 1.54) is 0 Å². The van der Waals surface area contributed by atoms with Crippen LogP contribution in [0, 0.1) is 12.3 Å². The van der Waals surface area contributed by atoms with Gasteiger partial charge in [-0.3, -0.25) is 4.98 Å². The smallest absolute Gasteiger partial charge is 0.0429 e. The van der Waals surface area contributed by atoms with Crippen molar-refractivity contribution in [2.45, 2.75) is 18.4 Å². The molecule has 1 aromatic heterocycles. The molecule has 1 aromatic rings. The van der Waals surface area contributed by atoms with E-state index in [1.54, 1.807) is 12.4 Å². The molecule has 1 heterocycles. The number of aromatic nitrogens is 1. The quantitative estimate of drug-likeness (QED) is 0.619. The van der Waals surface area contributed by atoms with Crippen molar-refractivity contribution in [2.24, 2.45) is 5.73 Å². The van der Waals surface area contributed by atoms with Crippen LogP contribution in [0.25, 0.3) is 0 Å². The van der Waals surface area contributed by atoms with Gasteiger partial charge in [-0.25, -0.2) is 0 Å². The molecule has 2 nitrogen and oxygen atoms in total. The summed E-state index contributed by atoms with van der Waals surface area (Å²) >= 11 is 0. The third-order valence-electron chi connectivity index (χ3n) is 2.27. The zero-order valence-electron chi connectivity index (χ0n) is 6.75. The number of pyridine rings is 1. The molecule has 2 rings (SSSR count). The molecule has 1 aliphatic rings. The molecule has 0 aromatic carbocycles. The van der Waals surface area contributed by atoms with Gasteiger partial charge < -0.3 is 5.73 Å². The lowest BCUT2D eigenvalue weighted by atomic mass is 10.1. The van der Waals surface area contributed by atoms with Crippen LogP contribution < -0.4 is 5.73 Å². The van der Waals surface area contributed by atoms with Crippen molar-refractivity contribution in [3.05, 3.63) is 29.6 Å². The Morgan fingerprint density at radius 1 is 1.50 bits per heavy atom. The fraction of sp³-hybridized carbons (Fsp3) is 0.300. The first kappa shape index (κ1) is 7.33. The number of hydrogen-bond donors (Lipinski definition) is 1. The van der Waals surface area contributed by atoms with E-state index in [9.17, 15) is 0 Å². The third-order valence-corrected chi connectivity index (χ3v) is 2.27. The van der Waals surface area contributed by atoms with Gasteiger partial charge in [-0.1, -0.05) is 5.92 Å². The van der Waals surface area contributed by atoms with Gasteiger partial charge in [0.1, 0.15) is 0 Å². The van der Waals surface area contributed by atoms with E-state index < -0.39 is 0 Å². The van der Waals surface area contributed by atoms with Crippen LogP contribution in [-0.4, -0.2) is 4.98 Å². The molecule has 0 aliphatic heterocycles. The Hall–Kier alpha value is -1.33. The highest BCUT2D eigenvalue weighted by atomic mass is 14.8. The lowest BCUT2D eigenvalue weighted by Gasteiger charge is -2.07. The topological polar surface area (TPSA) is 38.9 Å². The van der Waals surface area contributed by atoms with Crippen LogP contribution in [0.15, 0.2) is 18.5 Å². The summed E-state index contributed by atoms with van der Waals surface area (Å²) in [6.45, 7) is 0. The standard InChI is InChI=1S/C10H10N2/c1-2-8-5-9(7-12-6-8)10(11)3-4-10/h1,5-7H,3-4,11H2. The predicted octanol–water partition coefficient (Wildman–Crippen LogP) is 1.01. The maximum Gasteiger partial charge on any atom is 0.0429 e. The minimum absolute atomic E-state index is 0.125. The summed E-state index contributed by atoms with van der Waals surface area (Å²) < 4.78 is 0. The average molecular weight is 158 g/mol. The van der Waals surface area contributed by atoms with Crippen LogP contribution in [0.2, 0.25) is 0 Å². The molecular weight excluding hydrogens is 148 g/mol. The fourth-order valence-electron chi connectivity index (χ4n) is 1.21. The maximum absolute atomic E-state index is 5.98. The van der Waals surface area contributed by atoms with Crippen molar-refractivity contribution in [1.29, 1.82) is 0 Å². The zero-order valence-corrected chi connectivity index (χ0v) is 6.75. The van der Waals surface area contributed by atoms with Crippen molar-refractivity contribution in [3.63, 3.8) is 0 Å². The van der Waals surface area contributed by atoms with Crippen LogP contribution >= 0.6 is 0 Å². The highest BCUT2D eigenvalue weighted by Gasteiger charge is 2.40. The second-order valence-electron chi connectivity index (χ2n) is 3.26. The zero-order chi connectivity index (χ0) is 8.60. The number of rotatable bonds is 1. The summed E-state index contributed by atoms with van der Waals surface area (Å²) in [4.78, 5) is 4.04. The molecule has 0 unspecified atom stereocenters. The summed E-state index contributed by atoms with van der Waals surface area (Å²) in [6.07, 6.45) is 10.8. The summed E-state index contributed by atoms with van der Waals surface area (Å²) in [5.74, 6) is 2.55. The molecule has 0 bridgehead atoms. The van der Waals surface area contributed by atoms with E-state index >= 15 is 0 Å². The molecule has 2 heteroatoms. The summed E-state index contributed by atoms with van der Waals surface area (Å²) in [5.41, 5.74) is 7.73. The highest BCUT2D eigenvalue weighted by Crippen LogP contribution is 2.42. The van der Waals surface area contributed by atoms with Gasteiger partial charge in [0.05, 0.1) is 0 Å². The van der Waals surface area contributed by atoms with Gasteiger partial charge in [-0.2, -0.15) is 0 Å². The van der Waals surface area contributed by atoms with E-state index in [2.05, 4.69) is 10.9 Å². The third kappa shape index (κ3) is 1.09.